The maximum absolute atomic E-state index is 5.46. The molecule has 1 N–H and O–H groups in total. The first-order valence-corrected chi connectivity index (χ1v) is 7.56. The zero-order valence-electron chi connectivity index (χ0n) is 12.0. The molecule has 0 spiro atoms. The van der Waals surface area contributed by atoms with Crippen LogP contribution in [0.25, 0.3) is 0 Å². The molecular weight excluding hydrogens is 262 g/mol. The van der Waals surface area contributed by atoms with Crippen LogP contribution >= 0.6 is 11.3 Å². The fraction of sp³-hybridized carbons (Fsp3) is 0.769. The normalized spacial score (nSPS) is 24.9. The van der Waals surface area contributed by atoms with Crippen molar-refractivity contribution in [2.45, 2.75) is 32.1 Å². The van der Waals surface area contributed by atoms with Crippen LogP contribution in [0.5, 0.6) is 0 Å². The Bertz CT molecular complexity index is 387. The van der Waals surface area contributed by atoms with E-state index >= 15 is 0 Å². The second-order valence-electron chi connectivity index (χ2n) is 4.79. The van der Waals surface area contributed by atoms with Crippen molar-refractivity contribution in [3.63, 3.8) is 0 Å². The molecule has 5 nitrogen and oxygen atoms in total. The molecule has 19 heavy (non-hydrogen) atoms. The minimum Gasteiger partial charge on any atom is -0.377 e. The molecule has 1 fully saturated rings. The lowest BCUT2D eigenvalue weighted by atomic mass is 10.3. The number of ether oxygens (including phenoxy) is 2. The number of methoxy groups -OCH3 is 2. The number of anilines is 1. The second-order valence-corrected chi connectivity index (χ2v) is 5.62. The molecule has 1 aromatic heterocycles. The molecule has 0 bridgehead atoms. The van der Waals surface area contributed by atoms with Gasteiger partial charge in [0, 0.05) is 38.7 Å². The van der Waals surface area contributed by atoms with E-state index in [1.165, 1.54) is 0 Å². The molecule has 1 aliphatic rings. The number of aromatic nitrogens is 1. The van der Waals surface area contributed by atoms with Gasteiger partial charge in [-0.05, 0) is 13.5 Å². The molecule has 6 heteroatoms. The Morgan fingerprint density at radius 2 is 2.05 bits per heavy atom. The van der Waals surface area contributed by atoms with Crippen LogP contribution in [0.4, 0.5) is 5.13 Å². The zero-order chi connectivity index (χ0) is 13.8. The molecule has 1 aliphatic heterocycles. The molecule has 2 rings (SSSR count). The maximum Gasteiger partial charge on any atom is 0.185 e. The molecule has 0 amide bonds. The zero-order valence-corrected chi connectivity index (χ0v) is 12.9. The van der Waals surface area contributed by atoms with Crippen molar-refractivity contribution in [3.8, 4) is 0 Å². The lowest BCUT2D eigenvalue weighted by Gasteiger charge is -2.14. The molecule has 0 aromatic carbocycles. The predicted octanol–water partition coefficient (Wildman–Crippen LogP) is 1.66. The summed E-state index contributed by atoms with van der Waals surface area (Å²) in [5, 5.41) is 6.57. The Kier molecular flexibility index (Phi) is 5.15. The van der Waals surface area contributed by atoms with E-state index in [1.807, 2.05) is 0 Å². The molecule has 108 valence electrons. The molecule has 1 saturated heterocycles. The van der Waals surface area contributed by atoms with Gasteiger partial charge in [-0.2, -0.15) is 0 Å². The Balaban J connectivity index is 2.03. The topological polar surface area (TPSA) is 46.6 Å². The van der Waals surface area contributed by atoms with Crippen LogP contribution < -0.4 is 10.2 Å². The number of nitrogens with one attached hydrogen (secondary N) is 1. The number of thiazole rings is 1. The number of hydrogen-bond donors (Lipinski definition) is 1. The van der Waals surface area contributed by atoms with Crippen LogP contribution in [0.1, 0.15) is 25.6 Å². The van der Waals surface area contributed by atoms with Crippen molar-refractivity contribution in [2.24, 2.45) is 0 Å². The molecule has 2 heterocycles. The van der Waals surface area contributed by atoms with Gasteiger partial charge >= 0.3 is 0 Å². The Morgan fingerprint density at radius 3 is 2.58 bits per heavy atom. The van der Waals surface area contributed by atoms with Crippen molar-refractivity contribution < 1.29 is 9.47 Å². The van der Waals surface area contributed by atoms with E-state index in [-0.39, 0.29) is 12.2 Å². The van der Waals surface area contributed by atoms with Crippen molar-refractivity contribution >= 4 is 16.5 Å². The standard InChI is InChI=1S/C13H23N3O2S/c1-5-14-9(2)10-8-19-13(15-10)16-6-11(17-3)12(7-16)18-4/h8-9,11-12,14H,5-7H2,1-4H3. The molecule has 0 radical (unpaired) electrons. The first kappa shape index (κ1) is 14.7. The highest BCUT2D eigenvalue weighted by atomic mass is 32.1. The average molecular weight is 285 g/mol. The number of nitrogens with zero attached hydrogens (tertiary/aromatic N) is 2. The van der Waals surface area contributed by atoms with E-state index in [0.29, 0.717) is 6.04 Å². The van der Waals surface area contributed by atoms with Crippen LogP contribution in [0.15, 0.2) is 5.38 Å². The van der Waals surface area contributed by atoms with Gasteiger partial charge in [0.25, 0.3) is 0 Å². The largest absolute Gasteiger partial charge is 0.377 e. The first-order chi connectivity index (χ1) is 9.19. The average Bonchev–Trinajstić information content (AvgIpc) is 3.05. The summed E-state index contributed by atoms with van der Waals surface area (Å²) in [6, 6.07) is 0.300. The van der Waals surface area contributed by atoms with Gasteiger partial charge in [0.15, 0.2) is 5.13 Å². The Morgan fingerprint density at radius 1 is 1.42 bits per heavy atom. The van der Waals surface area contributed by atoms with E-state index in [9.17, 15) is 0 Å². The van der Waals surface area contributed by atoms with Crippen molar-refractivity contribution in [2.75, 3.05) is 38.8 Å². The summed E-state index contributed by atoms with van der Waals surface area (Å²) in [4.78, 5) is 6.96. The van der Waals surface area contributed by atoms with Crippen LogP contribution in [0.3, 0.4) is 0 Å². The molecule has 0 saturated carbocycles. The van der Waals surface area contributed by atoms with Crippen LogP contribution in [0.2, 0.25) is 0 Å². The highest BCUT2D eigenvalue weighted by molar-refractivity contribution is 7.13. The van der Waals surface area contributed by atoms with Gasteiger partial charge in [-0.3, -0.25) is 0 Å². The fourth-order valence-corrected chi connectivity index (χ4v) is 3.32. The summed E-state index contributed by atoms with van der Waals surface area (Å²) in [5.41, 5.74) is 1.11. The summed E-state index contributed by atoms with van der Waals surface area (Å²) >= 11 is 1.69. The van der Waals surface area contributed by atoms with Gasteiger partial charge in [0.2, 0.25) is 0 Å². The minimum atomic E-state index is 0.128. The first-order valence-electron chi connectivity index (χ1n) is 6.68. The molecular formula is C13H23N3O2S. The predicted molar refractivity (Wildman–Crippen MR) is 78.0 cm³/mol. The third-order valence-electron chi connectivity index (χ3n) is 3.56. The third-order valence-corrected chi connectivity index (χ3v) is 4.47. The summed E-state index contributed by atoms with van der Waals surface area (Å²) in [6.07, 6.45) is 0.257. The molecule has 3 unspecified atom stereocenters. The number of rotatable bonds is 6. The highest BCUT2D eigenvalue weighted by Crippen LogP contribution is 2.28. The van der Waals surface area contributed by atoms with E-state index in [4.69, 9.17) is 14.5 Å². The Hall–Kier alpha value is -0.690. The van der Waals surface area contributed by atoms with Crippen LogP contribution in [0, 0.1) is 0 Å². The quantitative estimate of drug-likeness (QED) is 0.861. The SMILES string of the molecule is CCNC(C)c1csc(N2CC(OC)C(OC)C2)n1. The summed E-state index contributed by atoms with van der Waals surface area (Å²) in [7, 11) is 3.47. The van der Waals surface area contributed by atoms with Crippen molar-refractivity contribution in [1.82, 2.24) is 10.3 Å². The van der Waals surface area contributed by atoms with Crippen molar-refractivity contribution in [3.05, 3.63) is 11.1 Å². The van der Waals surface area contributed by atoms with Crippen LogP contribution in [-0.2, 0) is 9.47 Å². The van der Waals surface area contributed by atoms with Crippen LogP contribution in [-0.4, -0.2) is 51.0 Å². The van der Waals surface area contributed by atoms with E-state index in [2.05, 4.69) is 29.4 Å². The molecule has 3 atom stereocenters. The van der Waals surface area contributed by atoms with E-state index in [1.54, 1.807) is 25.6 Å². The lowest BCUT2D eigenvalue weighted by Crippen LogP contribution is -2.27. The lowest BCUT2D eigenvalue weighted by molar-refractivity contribution is -0.00461. The van der Waals surface area contributed by atoms with Gasteiger partial charge in [0.1, 0.15) is 12.2 Å². The monoisotopic (exact) mass is 285 g/mol. The summed E-state index contributed by atoms with van der Waals surface area (Å²) < 4.78 is 10.9. The van der Waals surface area contributed by atoms with E-state index < -0.39 is 0 Å². The third kappa shape index (κ3) is 3.25. The Labute approximate surface area is 118 Å². The smallest absolute Gasteiger partial charge is 0.185 e. The van der Waals surface area contributed by atoms with Gasteiger partial charge in [-0.1, -0.05) is 6.92 Å². The molecule has 0 aliphatic carbocycles. The van der Waals surface area contributed by atoms with Gasteiger partial charge in [0.05, 0.1) is 5.69 Å². The van der Waals surface area contributed by atoms with Crippen molar-refractivity contribution in [1.29, 1.82) is 0 Å². The van der Waals surface area contributed by atoms with Gasteiger partial charge in [-0.15, -0.1) is 11.3 Å². The second kappa shape index (κ2) is 6.65. The molecule has 1 aromatic rings. The van der Waals surface area contributed by atoms with E-state index in [0.717, 1.165) is 30.5 Å². The summed E-state index contributed by atoms with van der Waals surface area (Å²) in [6.45, 7) is 6.89. The van der Waals surface area contributed by atoms with Gasteiger partial charge in [-0.25, -0.2) is 4.98 Å². The van der Waals surface area contributed by atoms with Gasteiger partial charge < -0.3 is 19.7 Å². The summed E-state index contributed by atoms with van der Waals surface area (Å²) in [5.74, 6) is 0. The minimum absolute atomic E-state index is 0.128. The number of hydrogen-bond acceptors (Lipinski definition) is 6. The highest BCUT2D eigenvalue weighted by Gasteiger charge is 2.34. The fourth-order valence-electron chi connectivity index (χ4n) is 2.38. The maximum atomic E-state index is 5.46.